The van der Waals surface area contributed by atoms with Crippen molar-refractivity contribution in [3.63, 3.8) is 0 Å². The van der Waals surface area contributed by atoms with Crippen LogP contribution in [0.2, 0.25) is 0 Å². The van der Waals surface area contributed by atoms with E-state index in [0.29, 0.717) is 12.2 Å². The number of alkyl carbamates (subject to hydrolysis) is 1. The largest absolute Gasteiger partial charge is 0.449 e. The average molecular weight is 702 g/mol. The van der Waals surface area contributed by atoms with E-state index in [0.717, 1.165) is 55.5 Å². The van der Waals surface area contributed by atoms with E-state index < -0.39 is 24.1 Å². The van der Waals surface area contributed by atoms with Crippen LogP contribution in [0.15, 0.2) is 146 Å². The molecule has 0 radical (unpaired) electrons. The fourth-order valence-corrected chi connectivity index (χ4v) is 7.11. The Hall–Kier alpha value is -6.45. The van der Waals surface area contributed by atoms with Gasteiger partial charge in [-0.25, -0.2) is 9.78 Å². The van der Waals surface area contributed by atoms with E-state index in [1.54, 1.807) is 0 Å². The molecule has 2 aromatic heterocycles. The molecule has 1 aliphatic carbocycles. The molecule has 0 saturated heterocycles. The van der Waals surface area contributed by atoms with Crippen LogP contribution in [-0.2, 0) is 27.3 Å². The molecule has 2 atom stereocenters. The molecule has 0 bridgehead atoms. The highest BCUT2D eigenvalue weighted by Gasteiger charge is 2.31. The van der Waals surface area contributed by atoms with Crippen LogP contribution in [0.4, 0.5) is 4.79 Å². The van der Waals surface area contributed by atoms with Crippen LogP contribution < -0.4 is 10.6 Å². The lowest BCUT2D eigenvalue weighted by Crippen LogP contribution is -2.50. The molecule has 53 heavy (non-hydrogen) atoms. The lowest BCUT2D eigenvalue weighted by atomic mass is 9.98. The third kappa shape index (κ3) is 7.47. The van der Waals surface area contributed by atoms with Gasteiger partial charge in [0.05, 0.1) is 24.9 Å². The van der Waals surface area contributed by atoms with Gasteiger partial charge in [0.25, 0.3) is 0 Å². The number of H-pyrrole nitrogens is 2. The van der Waals surface area contributed by atoms with Crippen molar-refractivity contribution >= 4 is 22.9 Å². The minimum atomic E-state index is -1.05. The summed E-state index contributed by atoms with van der Waals surface area (Å²) < 4.78 is 11.9. The monoisotopic (exact) mass is 701 g/mol. The van der Waals surface area contributed by atoms with Crippen molar-refractivity contribution in [3.8, 4) is 22.4 Å². The Morgan fingerprint density at radius 1 is 0.717 bits per heavy atom. The third-order valence-corrected chi connectivity index (χ3v) is 9.76. The number of nitrogens with one attached hydrogen (secondary N) is 4. The van der Waals surface area contributed by atoms with Crippen LogP contribution in [0, 0.1) is 0 Å². The molecule has 8 rings (SSSR count). The molecule has 0 saturated carbocycles. The van der Waals surface area contributed by atoms with Crippen LogP contribution in [0.1, 0.15) is 40.0 Å². The number of nitrogens with zero attached hydrogens (tertiary/aromatic N) is 1. The summed E-state index contributed by atoms with van der Waals surface area (Å²) in [5, 5.41) is 7.05. The number of aromatic nitrogens is 3. The van der Waals surface area contributed by atoms with Crippen molar-refractivity contribution < 1.29 is 19.1 Å². The Bertz CT molecular complexity index is 2290. The molecule has 0 spiro atoms. The molecule has 7 aromatic rings. The van der Waals surface area contributed by atoms with E-state index in [9.17, 15) is 9.59 Å². The van der Waals surface area contributed by atoms with Crippen LogP contribution in [0.5, 0.6) is 0 Å². The first-order chi connectivity index (χ1) is 26.1. The number of carbonyl (C=O) groups is 2. The fraction of sp³-hybridized carbons (Fsp3) is 0.159. The average Bonchev–Trinajstić information content (AvgIpc) is 3.94. The highest BCUT2D eigenvalue weighted by Crippen LogP contribution is 2.44. The lowest BCUT2D eigenvalue weighted by molar-refractivity contribution is -0.125. The minimum Gasteiger partial charge on any atom is -0.449 e. The number of hydrogen-bond acceptors (Lipinski definition) is 5. The minimum absolute atomic E-state index is 0.0713. The van der Waals surface area contributed by atoms with Gasteiger partial charge in [0.1, 0.15) is 18.5 Å². The number of para-hydroxylation sites is 1. The predicted octanol–water partition coefficient (Wildman–Crippen LogP) is 8.08. The van der Waals surface area contributed by atoms with Crippen molar-refractivity contribution in [1.82, 2.24) is 25.6 Å². The van der Waals surface area contributed by atoms with E-state index in [1.165, 1.54) is 0 Å². The molecule has 9 heteroatoms. The zero-order valence-electron chi connectivity index (χ0n) is 29.0. The second-order valence-electron chi connectivity index (χ2n) is 13.2. The van der Waals surface area contributed by atoms with E-state index in [4.69, 9.17) is 14.5 Å². The second-order valence-corrected chi connectivity index (χ2v) is 13.2. The van der Waals surface area contributed by atoms with Crippen LogP contribution in [0.3, 0.4) is 0 Å². The van der Waals surface area contributed by atoms with Gasteiger partial charge in [0.2, 0.25) is 5.91 Å². The smallest absolute Gasteiger partial charge is 0.407 e. The second kappa shape index (κ2) is 15.4. The molecule has 0 fully saturated rings. The molecular weight excluding hydrogens is 663 g/mol. The lowest BCUT2D eigenvalue weighted by Gasteiger charge is -2.23. The first kappa shape index (κ1) is 33.7. The molecule has 2 amide bonds. The Kier molecular flexibility index (Phi) is 9.80. The maximum atomic E-state index is 14.3. The van der Waals surface area contributed by atoms with E-state index in [-0.39, 0.29) is 25.7 Å². The fourth-order valence-electron chi connectivity index (χ4n) is 7.11. The van der Waals surface area contributed by atoms with Gasteiger partial charge < -0.3 is 30.1 Å². The van der Waals surface area contributed by atoms with Crippen molar-refractivity contribution in [2.75, 3.05) is 13.2 Å². The molecule has 264 valence electrons. The highest BCUT2D eigenvalue weighted by molar-refractivity contribution is 5.87. The van der Waals surface area contributed by atoms with Gasteiger partial charge in [-0.05, 0) is 39.4 Å². The SMILES string of the molecule is O=C(NC(COCc1ccccc1)C(=O)N[C@H](Cc1c[nH]c2ccccc12)c1nc(-c2ccccc2)c[nH]1)OCC1c2ccccc2-c2ccccc21. The number of imidazole rings is 1. The summed E-state index contributed by atoms with van der Waals surface area (Å²) in [6.45, 7) is 0.323. The molecule has 9 nitrogen and oxygen atoms in total. The summed E-state index contributed by atoms with van der Waals surface area (Å²) >= 11 is 0. The predicted molar refractivity (Wildman–Crippen MR) is 205 cm³/mol. The molecule has 4 N–H and O–H groups in total. The molecular formula is C44H39N5O4. The van der Waals surface area contributed by atoms with Gasteiger partial charge in [0.15, 0.2) is 0 Å². The Morgan fingerprint density at radius 3 is 2.13 bits per heavy atom. The van der Waals surface area contributed by atoms with Gasteiger partial charge >= 0.3 is 6.09 Å². The Morgan fingerprint density at radius 2 is 1.38 bits per heavy atom. The summed E-state index contributed by atoms with van der Waals surface area (Å²) in [4.78, 5) is 39.3. The Balaban J connectivity index is 1.02. The summed E-state index contributed by atoms with van der Waals surface area (Å²) in [7, 11) is 0. The normalized spacial score (nSPS) is 13.2. The van der Waals surface area contributed by atoms with Gasteiger partial charge in [-0.3, -0.25) is 4.79 Å². The van der Waals surface area contributed by atoms with Gasteiger partial charge in [-0.1, -0.05) is 127 Å². The Labute approximate surface area is 307 Å². The number of benzene rings is 5. The number of carbonyl (C=O) groups excluding carboxylic acids is 2. The maximum absolute atomic E-state index is 14.3. The number of ether oxygens (including phenoxy) is 2. The summed E-state index contributed by atoms with van der Waals surface area (Å²) in [5.74, 6) is 0.0507. The third-order valence-electron chi connectivity index (χ3n) is 9.76. The highest BCUT2D eigenvalue weighted by atomic mass is 16.5. The van der Waals surface area contributed by atoms with Crippen LogP contribution in [-0.4, -0.2) is 46.2 Å². The summed E-state index contributed by atoms with van der Waals surface area (Å²) in [6.07, 6.45) is 3.54. The number of amides is 2. The molecule has 2 heterocycles. The molecule has 0 aliphatic heterocycles. The van der Waals surface area contributed by atoms with Crippen molar-refractivity contribution in [2.45, 2.75) is 31.0 Å². The first-order valence-electron chi connectivity index (χ1n) is 17.8. The van der Waals surface area contributed by atoms with Crippen LogP contribution in [0.25, 0.3) is 33.3 Å². The van der Waals surface area contributed by atoms with Gasteiger partial charge in [0, 0.05) is 41.2 Å². The zero-order chi connectivity index (χ0) is 36.0. The molecule has 5 aromatic carbocycles. The molecule has 1 unspecified atom stereocenters. The maximum Gasteiger partial charge on any atom is 0.407 e. The first-order valence-corrected chi connectivity index (χ1v) is 17.8. The number of fused-ring (bicyclic) bond motifs is 4. The van der Waals surface area contributed by atoms with E-state index in [1.807, 2.05) is 116 Å². The van der Waals surface area contributed by atoms with Crippen molar-refractivity contribution in [2.24, 2.45) is 0 Å². The van der Waals surface area contributed by atoms with Crippen LogP contribution >= 0.6 is 0 Å². The number of rotatable bonds is 13. The van der Waals surface area contributed by atoms with Gasteiger partial charge in [-0.15, -0.1) is 0 Å². The topological polar surface area (TPSA) is 121 Å². The standard InChI is InChI=1S/C44H39N5O4/c50-43(48-39(23-31-24-45-38-22-12-11-17-32(31)38)42-46-25-40(47-42)30-15-5-2-6-16-30)41(28-52-26-29-13-3-1-4-14-29)49-44(51)53-27-37-35-20-9-7-18-33(35)34-19-8-10-21-36(34)37/h1-22,24-25,37,39,41,45H,23,26-28H2,(H,46,47)(H,48,50)(H,49,51)/t39-,41?/m1/s1. The number of aromatic amines is 2. The van der Waals surface area contributed by atoms with E-state index in [2.05, 4.69) is 50.9 Å². The van der Waals surface area contributed by atoms with Crippen molar-refractivity contribution in [1.29, 1.82) is 0 Å². The molecule has 1 aliphatic rings. The number of hydrogen-bond donors (Lipinski definition) is 4. The van der Waals surface area contributed by atoms with Crippen molar-refractivity contribution in [3.05, 3.63) is 174 Å². The van der Waals surface area contributed by atoms with Gasteiger partial charge in [-0.2, -0.15) is 0 Å². The summed E-state index contributed by atoms with van der Waals surface area (Å²) in [5.41, 5.74) is 9.18. The van der Waals surface area contributed by atoms with E-state index >= 15 is 0 Å². The quantitative estimate of drug-likeness (QED) is 0.0969. The zero-order valence-corrected chi connectivity index (χ0v) is 29.0. The summed E-state index contributed by atoms with van der Waals surface area (Å²) in [6, 6.07) is 42.3.